The zero-order chi connectivity index (χ0) is 18.4. The van der Waals surface area contributed by atoms with Crippen molar-refractivity contribution in [2.75, 3.05) is 17.5 Å². The normalized spacial score (nSPS) is 11.0. The van der Waals surface area contributed by atoms with Crippen molar-refractivity contribution < 1.29 is 17.9 Å². The molecular formula is C18H18ClNO4S. The summed E-state index contributed by atoms with van der Waals surface area (Å²) >= 11 is 6.01. The number of hydrogen-bond acceptors (Lipinski definition) is 4. The lowest BCUT2D eigenvalue weighted by atomic mass is 10.2. The van der Waals surface area contributed by atoms with E-state index in [9.17, 15) is 13.2 Å². The van der Waals surface area contributed by atoms with Crippen LogP contribution in [0.3, 0.4) is 0 Å². The van der Waals surface area contributed by atoms with Crippen molar-refractivity contribution in [2.24, 2.45) is 0 Å². The van der Waals surface area contributed by atoms with Crippen molar-refractivity contribution in [3.63, 3.8) is 0 Å². The first-order valence-electron chi connectivity index (χ1n) is 7.57. The number of rotatable bonds is 7. The molecule has 0 saturated carbocycles. The standard InChI is InChI=1S/C18H18ClNO4S/c1-3-12-20(14-8-6-5-7-9-14)25(22,23)15-10-11-17(19)16(13-15)18(21)24-4-2/h3,5-11,13H,1,4,12H2,2H3. The van der Waals surface area contributed by atoms with Crippen LogP contribution in [0.15, 0.2) is 66.1 Å². The average Bonchev–Trinajstić information content (AvgIpc) is 2.60. The van der Waals surface area contributed by atoms with Crippen LogP contribution in [0.1, 0.15) is 17.3 Å². The van der Waals surface area contributed by atoms with E-state index in [4.69, 9.17) is 16.3 Å². The molecule has 0 atom stereocenters. The van der Waals surface area contributed by atoms with E-state index < -0.39 is 16.0 Å². The summed E-state index contributed by atoms with van der Waals surface area (Å²) < 4.78 is 32.2. The first-order valence-corrected chi connectivity index (χ1v) is 9.39. The fourth-order valence-electron chi connectivity index (χ4n) is 2.21. The van der Waals surface area contributed by atoms with Gasteiger partial charge < -0.3 is 4.74 Å². The molecule has 0 saturated heterocycles. The van der Waals surface area contributed by atoms with Crippen LogP contribution in [0.4, 0.5) is 5.69 Å². The molecular weight excluding hydrogens is 362 g/mol. The van der Waals surface area contributed by atoms with Crippen molar-refractivity contribution in [1.29, 1.82) is 0 Å². The van der Waals surface area contributed by atoms with E-state index in [2.05, 4.69) is 6.58 Å². The molecule has 0 aliphatic carbocycles. The zero-order valence-electron chi connectivity index (χ0n) is 13.7. The highest BCUT2D eigenvalue weighted by Crippen LogP contribution is 2.27. The third-order valence-corrected chi connectivity index (χ3v) is 5.48. The summed E-state index contributed by atoms with van der Waals surface area (Å²) in [6, 6.07) is 12.6. The minimum absolute atomic E-state index is 0.0104. The van der Waals surface area contributed by atoms with Gasteiger partial charge in [0.25, 0.3) is 10.0 Å². The van der Waals surface area contributed by atoms with Gasteiger partial charge in [0.05, 0.1) is 34.3 Å². The van der Waals surface area contributed by atoms with Gasteiger partial charge in [-0.15, -0.1) is 6.58 Å². The van der Waals surface area contributed by atoms with E-state index >= 15 is 0 Å². The van der Waals surface area contributed by atoms with Gasteiger partial charge in [-0.2, -0.15) is 0 Å². The number of esters is 1. The Balaban J connectivity index is 2.52. The van der Waals surface area contributed by atoms with Crippen LogP contribution in [0.25, 0.3) is 0 Å². The van der Waals surface area contributed by atoms with Gasteiger partial charge in [0.1, 0.15) is 0 Å². The Morgan fingerprint density at radius 1 is 1.24 bits per heavy atom. The number of ether oxygens (including phenoxy) is 1. The summed E-state index contributed by atoms with van der Waals surface area (Å²) in [5.41, 5.74) is 0.506. The van der Waals surface area contributed by atoms with Gasteiger partial charge in [-0.3, -0.25) is 4.31 Å². The van der Waals surface area contributed by atoms with Gasteiger partial charge in [-0.25, -0.2) is 13.2 Å². The van der Waals surface area contributed by atoms with Crippen LogP contribution in [0.5, 0.6) is 0 Å². The SMILES string of the molecule is C=CCN(c1ccccc1)S(=O)(=O)c1ccc(Cl)c(C(=O)OCC)c1. The van der Waals surface area contributed by atoms with Crippen LogP contribution in [-0.4, -0.2) is 27.5 Å². The molecule has 0 N–H and O–H groups in total. The minimum Gasteiger partial charge on any atom is -0.462 e. The molecule has 0 heterocycles. The second-order valence-corrected chi connectivity index (χ2v) is 7.29. The predicted molar refractivity (Wildman–Crippen MR) is 98.6 cm³/mol. The molecule has 132 valence electrons. The largest absolute Gasteiger partial charge is 0.462 e. The summed E-state index contributed by atoms with van der Waals surface area (Å²) in [7, 11) is -3.91. The van der Waals surface area contributed by atoms with Crippen LogP contribution >= 0.6 is 11.6 Å². The minimum atomic E-state index is -3.91. The highest BCUT2D eigenvalue weighted by Gasteiger charge is 2.26. The Bertz CT molecular complexity index is 866. The Hall–Kier alpha value is -2.31. The average molecular weight is 380 g/mol. The number of carbonyl (C=O) groups is 1. The van der Waals surface area contributed by atoms with Crippen molar-refractivity contribution >= 4 is 33.3 Å². The summed E-state index contributed by atoms with van der Waals surface area (Å²) in [5.74, 6) is -0.667. The highest BCUT2D eigenvalue weighted by atomic mass is 35.5. The van der Waals surface area contributed by atoms with Gasteiger partial charge in [0, 0.05) is 0 Å². The second-order valence-electron chi connectivity index (χ2n) is 5.02. The maximum Gasteiger partial charge on any atom is 0.339 e. The zero-order valence-corrected chi connectivity index (χ0v) is 15.3. The molecule has 0 amide bonds. The van der Waals surface area contributed by atoms with Gasteiger partial charge in [0.15, 0.2) is 0 Å². The third kappa shape index (κ3) is 4.21. The number of benzene rings is 2. The first-order chi connectivity index (χ1) is 11.9. The topological polar surface area (TPSA) is 63.7 Å². The number of anilines is 1. The second kappa shape index (κ2) is 8.18. The summed E-state index contributed by atoms with van der Waals surface area (Å²) in [6.07, 6.45) is 1.49. The van der Waals surface area contributed by atoms with Gasteiger partial charge >= 0.3 is 5.97 Å². The molecule has 0 spiro atoms. The first kappa shape index (κ1) is 19.0. The summed E-state index contributed by atoms with van der Waals surface area (Å²) in [5, 5.41) is 0.132. The number of carbonyl (C=O) groups excluding carboxylic acids is 1. The lowest BCUT2D eigenvalue weighted by molar-refractivity contribution is 0.0526. The molecule has 0 aliphatic heterocycles. The maximum absolute atomic E-state index is 13.0. The van der Waals surface area contributed by atoms with Crippen LogP contribution in [0.2, 0.25) is 5.02 Å². The predicted octanol–water partition coefficient (Wildman–Crippen LogP) is 3.90. The molecule has 0 radical (unpaired) electrons. The maximum atomic E-state index is 13.0. The number of nitrogens with zero attached hydrogens (tertiary/aromatic N) is 1. The third-order valence-electron chi connectivity index (χ3n) is 3.36. The molecule has 0 aliphatic rings. The number of halogens is 1. The Morgan fingerprint density at radius 2 is 1.92 bits per heavy atom. The quantitative estimate of drug-likeness (QED) is 0.540. The molecule has 2 aromatic carbocycles. The van der Waals surface area contributed by atoms with E-state index in [0.29, 0.717) is 5.69 Å². The molecule has 0 aromatic heterocycles. The van der Waals surface area contributed by atoms with Crippen LogP contribution in [-0.2, 0) is 14.8 Å². The van der Waals surface area contributed by atoms with Crippen LogP contribution in [0, 0.1) is 0 Å². The van der Waals surface area contributed by atoms with Crippen molar-refractivity contribution in [2.45, 2.75) is 11.8 Å². The van der Waals surface area contributed by atoms with E-state index in [1.807, 2.05) is 0 Å². The smallest absolute Gasteiger partial charge is 0.339 e. The number of sulfonamides is 1. The number of hydrogen-bond donors (Lipinski definition) is 0. The lowest BCUT2D eigenvalue weighted by Crippen LogP contribution is -2.31. The monoisotopic (exact) mass is 379 g/mol. The molecule has 2 aromatic rings. The summed E-state index contributed by atoms with van der Waals surface area (Å²) in [4.78, 5) is 11.9. The summed E-state index contributed by atoms with van der Waals surface area (Å²) in [6.45, 7) is 5.53. The molecule has 5 nitrogen and oxygen atoms in total. The Morgan fingerprint density at radius 3 is 2.52 bits per heavy atom. The van der Waals surface area contributed by atoms with Crippen molar-refractivity contribution in [1.82, 2.24) is 0 Å². The van der Waals surface area contributed by atoms with Crippen LogP contribution < -0.4 is 4.31 Å². The fraction of sp³-hybridized carbons (Fsp3) is 0.167. The van der Waals surface area contributed by atoms with Crippen molar-refractivity contribution in [3.8, 4) is 0 Å². The van der Waals surface area contributed by atoms with E-state index in [0.717, 1.165) is 0 Å². The van der Waals surface area contributed by atoms with Gasteiger partial charge in [0.2, 0.25) is 0 Å². The van der Waals surface area contributed by atoms with Crippen molar-refractivity contribution in [3.05, 3.63) is 71.8 Å². The Labute approximate surface area is 152 Å². The molecule has 0 unspecified atom stereocenters. The lowest BCUT2D eigenvalue weighted by Gasteiger charge is -2.23. The molecule has 0 fully saturated rings. The van der Waals surface area contributed by atoms with E-state index in [1.54, 1.807) is 37.3 Å². The number of para-hydroxylation sites is 1. The Kier molecular flexibility index (Phi) is 6.22. The molecule has 7 heteroatoms. The fourth-order valence-corrected chi connectivity index (χ4v) is 3.87. The van der Waals surface area contributed by atoms with E-state index in [-0.39, 0.29) is 28.6 Å². The molecule has 0 bridgehead atoms. The highest BCUT2D eigenvalue weighted by molar-refractivity contribution is 7.92. The van der Waals surface area contributed by atoms with Gasteiger partial charge in [-0.05, 0) is 37.3 Å². The van der Waals surface area contributed by atoms with E-state index in [1.165, 1.54) is 28.6 Å². The molecule has 25 heavy (non-hydrogen) atoms. The van der Waals surface area contributed by atoms with Gasteiger partial charge in [-0.1, -0.05) is 35.9 Å². The molecule has 2 rings (SSSR count).